The molecule has 0 bridgehead atoms. The SMILES string of the molecule is CN(C)C(=O)c1ccc(N)cc1Sc1ccc(Br)cn1. The van der Waals surface area contributed by atoms with Crippen LogP contribution in [0.1, 0.15) is 10.4 Å². The zero-order valence-corrected chi connectivity index (χ0v) is 13.5. The highest BCUT2D eigenvalue weighted by Gasteiger charge is 2.15. The number of nitrogen functional groups attached to an aromatic ring is 1. The second kappa shape index (κ2) is 6.28. The van der Waals surface area contributed by atoms with Crippen LogP contribution in [-0.4, -0.2) is 29.9 Å². The van der Waals surface area contributed by atoms with Crippen LogP contribution < -0.4 is 5.73 Å². The fraction of sp³-hybridized carbons (Fsp3) is 0.143. The van der Waals surface area contributed by atoms with Crippen LogP contribution in [0.25, 0.3) is 0 Å². The molecule has 0 radical (unpaired) electrons. The molecule has 0 aliphatic carbocycles. The Bertz CT molecular complexity index is 629. The van der Waals surface area contributed by atoms with Gasteiger partial charge in [0.15, 0.2) is 0 Å². The van der Waals surface area contributed by atoms with Crippen molar-refractivity contribution in [2.24, 2.45) is 0 Å². The second-order valence-electron chi connectivity index (χ2n) is 4.37. The van der Waals surface area contributed by atoms with Gasteiger partial charge in [0.05, 0.1) is 5.56 Å². The topological polar surface area (TPSA) is 59.2 Å². The third-order valence-electron chi connectivity index (χ3n) is 2.56. The summed E-state index contributed by atoms with van der Waals surface area (Å²) in [5, 5.41) is 0.812. The van der Waals surface area contributed by atoms with E-state index in [9.17, 15) is 4.79 Å². The van der Waals surface area contributed by atoms with E-state index >= 15 is 0 Å². The number of nitrogens with zero attached hydrogens (tertiary/aromatic N) is 2. The number of hydrogen-bond donors (Lipinski definition) is 1. The van der Waals surface area contributed by atoms with E-state index in [4.69, 9.17) is 5.73 Å². The smallest absolute Gasteiger partial charge is 0.254 e. The Hall–Kier alpha value is -1.53. The molecule has 0 aliphatic rings. The highest BCUT2D eigenvalue weighted by atomic mass is 79.9. The molecule has 0 aliphatic heterocycles. The number of amides is 1. The molecule has 0 saturated heterocycles. The van der Waals surface area contributed by atoms with Crippen molar-refractivity contribution in [3.05, 3.63) is 46.6 Å². The molecule has 1 aromatic carbocycles. The predicted molar refractivity (Wildman–Crippen MR) is 84.9 cm³/mol. The standard InChI is InChI=1S/C14H14BrN3OS/c1-18(2)14(19)11-5-4-10(16)7-12(11)20-13-6-3-9(15)8-17-13/h3-8H,16H2,1-2H3. The van der Waals surface area contributed by atoms with E-state index in [-0.39, 0.29) is 5.91 Å². The fourth-order valence-corrected chi connectivity index (χ4v) is 2.74. The Morgan fingerprint density at radius 1 is 1.30 bits per heavy atom. The molecular weight excluding hydrogens is 338 g/mol. The van der Waals surface area contributed by atoms with Gasteiger partial charge in [-0.05, 0) is 46.3 Å². The molecule has 2 rings (SSSR count). The summed E-state index contributed by atoms with van der Waals surface area (Å²) in [4.78, 5) is 18.8. The van der Waals surface area contributed by atoms with Crippen molar-refractivity contribution >= 4 is 39.3 Å². The van der Waals surface area contributed by atoms with Crippen LogP contribution in [0.5, 0.6) is 0 Å². The minimum absolute atomic E-state index is 0.0513. The number of hydrogen-bond acceptors (Lipinski definition) is 4. The molecule has 1 amide bonds. The van der Waals surface area contributed by atoms with Crippen LogP contribution in [-0.2, 0) is 0 Å². The number of anilines is 1. The number of aromatic nitrogens is 1. The van der Waals surface area contributed by atoms with Crippen LogP contribution in [0.15, 0.2) is 50.9 Å². The molecule has 0 saturated carbocycles. The van der Waals surface area contributed by atoms with E-state index < -0.39 is 0 Å². The largest absolute Gasteiger partial charge is 0.399 e. The molecule has 1 aromatic heterocycles. The number of halogens is 1. The van der Waals surface area contributed by atoms with Crippen LogP contribution in [0.3, 0.4) is 0 Å². The van der Waals surface area contributed by atoms with Gasteiger partial charge in [0.2, 0.25) is 0 Å². The first kappa shape index (κ1) is 14.9. The van der Waals surface area contributed by atoms with Gasteiger partial charge in [-0.3, -0.25) is 4.79 Å². The van der Waals surface area contributed by atoms with Gasteiger partial charge in [-0.15, -0.1) is 0 Å². The van der Waals surface area contributed by atoms with Crippen molar-refractivity contribution in [3.63, 3.8) is 0 Å². The van der Waals surface area contributed by atoms with Gasteiger partial charge in [-0.25, -0.2) is 4.98 Å². The third kappa shape index (κ3) is 3.52. The lowest BCUT2D eigenvalue weighted by Crippen LogP contribution is -2.22. The van der Waals surface area contributed by atoms with Crippen molar-refractivity contribution in [1.82, 2.24) is 9.88 Å². The van der Waals surface area contributed by atoms with Gasteiger partial charge in [0, 0.05) is 35.3 Å². The van der Waals surface area contributed by atoms with E-state index in [2.05, 4.69) is 20.9 Å². The minimum Gasteiger partial charge on any atom is -0.399 e. The van der Waals surface area contributed by atoms with Crippen molar-refractivity contribution < 1.29 is 4.79 Å². The normalized spacial score (nSPS) is 10.3. The first-order chi connectivity index (χ1) is 9.47. The lowest BCUT2D eigenvalue weighted by Gasteiger charge is -2.14. The average molecular weight is 352 g/mol. The van der Waals surface area contributed by atoms with Crippen LogP contribution in [0, 0.1) is 0 Å². The molecule has 0 fully saturated rings. The molecule has 4 nitrogen and oxygen atoms in total. The maximum atomic E-state index is 12.2. The van der Waals surface area contributed by atoms with E-state index in [1.54, 1.807) is 43.4 Å². The summed E-state index contributed by atoms with van der Waals surface area (Å²) in [6, 6.07) is 9.08. The van der Waals surface area contributed by atoms with Gasteiger partial charge in [-0.1, -0.05) is 11.8 Å². The maximum absolute atomic E-state index is 12.2. The minimum atomic E-state index is -0.0513. The van der Waals surface area contributed by atoms with Gasteiger partial charge < -0.3 is 10.6 Å². The lowest BCUT2D eigenvalue weighted by atomic mass is 10.2. The van der Waals surface area contributed by atoms with Crippen molar-refractivity contribution in [1.29, 1.82) is 0 Å². The summed E-state index contributed by atoms with van der Waals surface area (Å²) >= 11 is 4.77. The molecule has 0 unspecified atom stereocenters. The van der Waals surface area contributed by atoms with Crippen LogP contribution in [0.4, 0.5) is 5.69 Å². The Morgan fingerprint density at radius 3 is 2.65 bits per heavy atom. The van der Waals surface area contributed by atoms with Crippen molar-refractivity contribution in [2.75, 3.05) is 19.8 Å². The van der Waals surface area contributed by atoms with E-state index in [1.165, 1.54) is 11.8 Å². The average Bonchev–Trinajstić information content (AvgIpc) is 2.41. The molecule has 20 heavy (non-hydrogen) atoms. The summed E-state index contributed by atoms with van der Waals surface area (Å²) in [7, 11) is 3.45. The second-order valence-corrected chi connectivity index (χ2v) is 6.35. The first-order valence-corrected chi connectivity index (χ1v) is 7.49. The van der Waals surface area contributed by atoms with E-state index in [1.807, 2.05) is 12.1 Å². The van der Waals surface area contributed by atoms with Gasteiger partial charge in [0.1, 0.15) is 5.03 Å². The molecule has 2 aromatic rings. The summed E-state index contributed by atoms with van der Waals surface area (Å²) in [6.45, 7) is 0. The molecule has 0 spiro atoms. The maximum Gasteiger partial charge on any atom is 0.254 e. The quantitative estimate of drug-likeness (QED) is 0.862. The number of carbonyl (C=O) groups is 1. The first-order valence-electron chi connectivity index (χ1n) is 5.88. The summed E-state index contributed by atoms with van der Waals surface area (Å²) in [5.74, 6) is -0.0513. The van der Waals surface area contributed by atoms with Crippen LogP contribution in [0.2, 0.25) is 0 Å². The zero-order valence-electron chi connectivity index (χ0n) is 11.1. The Kier molecular flexibility index (Phi) is 4.67. The fourth-order valence-electron chi connectivity index (χ4n) is 1.58. The Morgan fingerprint density at radius 2 is 2.05 bits per heavy atom. The summed E-state index contributed by atoms with van der Waals surface area (Å²) in [6.07, 6.45) is 1.72. The molecule has 0 atom stereocenters. The molecule has 2 N–H and O–H groups in total. The monoisotopic (exact) mass is 351 g/mol. The predicted octanol–water partition coefficient (Wildman–Crippen LogP) is 3.28. The van der Waals surface area contributed by atoms with Crippen molar-refractivity contribution in [2.45, 2.75) is 9.92 Å². The highest BCUT2D eigenvalue weighted by Crippen LogP contribution is 2.31. The summed E-state index contributed by atoms with van der Waals surface area (Å²) in [5.41, 5.74) is 7.06. The number of pyridine rings is 1. The number of benzene rings is 1. The van der Waals surface area contributed by atoms with Crippen LogP contribution >= 0.6 is 27.7 Å². The summed E-state index contributed by atoms with van der Waals surface area (Å²) < 4.78 is 0.916. The van der Waals surface area contributed by atoms with E-state index in [0.717, 1.165) is 14.4 Å². The van der Waals surface area contributed by atoms with Crippen molar-refractivity contribution in [3.8, 4) is 0 Å². The van der Waals surface area contributed by atoms with Gasteiger partial charge in [-0.2, -0.15) is 0 Å². The number of nitrogens with two attached hydrogens (primary N) is 1. The Labute approximate surface area is 130 Å². The molecule has 1 heterocycles. The van der Waals surface area contributed by atoms with E-state index in [0.29, 0.717) is 11.3 Å². The van der Waals surface area contributed by atoms with Gasteiger partial charge in [0.25, 0.3) is 5.91 Å². The molecule has 6 heteroatoms. The zero-order chi connectivity index (χ0) is 14.7. The Balaban J connectivity index is 2.37. The lowest BCUT2D eigenvalue weighted by molar-refractivity contribution is 0.0824. The molecule has 104 valence electrons. The number of carbonyl (C=O) groups excluding carboxylic acids is 1. The van der Waals surface area contributed by atoms with Gasteiger partial charge >= 0.3 is 0 Å². The highest BCUT2D eigenvalue weighted by molar-refractivity contribution is 9.10. The molecular formula is C14H14BrN3OS. The number of rotatable bonds is 3. The third-order valence-corrected chi connectivity index (χ3v) is 4.03.